The van der Waals surface area contributed by atoms with Crippen molar-refractivity contribution in [2.24, 2.45) is 11.8 Å². The smallest absolute Gasteiger partial charge is 0.358 e. The molecular weight excluding hydrogens is 568 g/mol. The van der Waals surface area contributed by atoms with Crippen molar-refractivity contribution in [3.63, 3.8) is 0 Å². The summed E-state index contributed by atoms with van der Waals surface area (Å²) >= 11 is 0. The molecule has 15 nitrogen and oxygen atoms in total. The first-order valence-electron chi connectivity index (χ1n) is 13.6. The van der Waals surface area contributed by atoms with Crippen molar-refractivity contribution in [2.45, 2.75) is 65.1 Å². The van der Waals surface area contributed by atoms with Crippen LogP contribution in [0.1, 0.15) is 66.1 Å². The molecular formula is C28H40N4O11. The Morgan fingerprint density at radius 2 is 1.51 bits per heavy atom. The second-order valence-corrected chi connectivity index (χ2v) is 10.8. The van der Waals surface area contributed by atoms with Crippen LogP contribution >= 0.6 is 0 Å². The van der Waals surface area contributed by atoms with Crippen molar-refractivity contribution in [3.05, 3.63) is 35.0 Å². The fraction of sp³-hybridized carbons (Fsp3) is 0.607. The maximum absolute atomic E-state index is 13.1. The molecule has 3 heterocycles. The van der Waals surface area contributed by atoms with Crippen molar-refractivity contribution in [1.82, 2.24) is 20.9 Å². The van der Waals surface area contributed by atoms with Gasteiger partial charge in [-0.3, -0.25) is 19.2 Å². The lowest BCUT2D eigenvalue weighted by molar-refractivity contribution is -0.135. The molecule has 1 aliphatic rings. The average molecular weight is 609 g/mol. The predicted octanol–water partition coefficient (Wildman–Crippen LogP) is 1.52. The van der Waals surface area contributed by atoms with Gasteiger partial charge in [-0.1, -0.05) is 24.2 Å². The van der Waals surface area contributed by atoms with Crippen molar-refractivity contribution < 1.29 is 52.3 Å². The number of Topliss-reactive ketones (excluding diaryl/α,β-unsaturated/α-hetero) is 2. The number of ketones is 2. The Kier molecular flexibility index (Phi) is 13.2. The summed E-state index contributed by atoms with van der Waals surface area (Å²) in [6.07, 6.45) is 0.221. The van der Waals surface area contributed by atoms with Crippen molar-refractivity contribution in [1.29, 1.82) is 0 Å². The Morgan fingerprint density at radius 3 is 1.93 bits per heavy atom. The first kappa shape index (κ1) is 35.2. The third-order valence-electron chi connectivity index (χ3n) is 6.36. The molecule has 3 N–H and O–H groups in total. The van der Waals surface area contributed by atoms with E-state index in [0.29, 0.717) is 24.5 Å². The van der Waals surface area contributed by atoms with Crippen LogP contribution < -0.4 is 10.6 Å². The number of aromatic nitrogens is 2. The number of carbonyl (C=O) groups is 5. The van der Waals surface area contributed by atoms with Crippen LogP contribution in [0.5, 0.6) is 0 Å². The molecule has 0 radical (unpaired) electrons. The first-order chi connectivity index (χ1) is 20.2. The Labute approximate surface area is 248 Å². The van der Waals surface area contributed by atoms with Gasteiger partial charge >= 0.3 is 5.97 Å². The molecule has 0 aromatic carbocycles. The lowest BCUT2D eigenvalue weighted by atomic mass is 9.92. The van der Waals surface area contributed by atoms with Crippen LogP contribution in [0.15, 0.2) is 21.2 Å². The Bertz CT molecular complexity index is 1260. The van der Waals surface area contributed by atoms with Gasteiger partial charge in [0.05, 0.1) is 31.8 Å². The molecule has 238 valence electrons. The molecule has 0 unspecified atom stereocenters. The molecule has 2 amide bonds. The van der Waals surface area contributed by atoms with E-state index in [1.54, 1.807) is 20.8 Å². The number of hydrogen-bond acceptors (Lipinski definition) is 12. The molecule has 0 bridgehead atoms. The van der Waals surface area contributed by atoms with Crippen molar-refractivity contribution >= 4 is 29.4 Å². The molecule has 0 spiro atoms. The number of rotatable bonds is 16. The van der Waals surface area contributed by atoms with Gasteiger partial charge in [-0.05, 0) is 33.1 Å². The highest BCUT2D eigenvalue weighted by Gasteiger charge is 2.50. The highest BCUT2D eigenvalue weighted by molar-refractivity contribution is 5.99. The van der Waals surface area contributed by atoms with Crippen LogP contribution in [0.4, 0.5) is 0 Å². The summed E-state index contributed by atoms with van der Waals surface area (Å²) in [6.45, 7) is 9.07. The Balaban J connectivity index is 0.000000609. The quantitative estimate of drug-likeness (QED) is 0.231. The highest BCUT2D eigenvalue weighted by Crippen LogP contribution is 2.29. The van der Waals surface area contributed by atoms with E-state index in [2.05, 4.69) is 25.5 Å². The van der Waals surface area contributed by atoms with Gasteiger partial charge in [0.2, 0.25) is 5.91 Å². The highest BCUT2D eigenvalue weighted by atomic mass is 16.6. The van der Waals surface area contributed by atoms with Gasteiger partial charge < -0.3 is 39.0 Å². The van der Waals surface area contributed by atoms with Gasteiger partial charge in [-0.2, -0.15) is 0 Å². The molecule has 0 aliphatic carbocycles. The number of amides is 2. The van der Waals surface area contributed by atoms with Crippen LogP contribution in [0.2, 0.25) is 0 Å². The van der Waals surface area contributed by atoms with E-state index in [4.69, 9.17) is 23.8 Å². The van der Waals surface area contributed by atoms with Crippen LogP contribution in [-0.2, 0) is 28.6 Å². The molecule has 4 atom stereocenters. The largest absolute Gasteiger partial charge is 0.476 e. The van der Waals surface area contributed by atoms with Gasteiger partial charge in [0.15, 0.2) is 23.0 Å². The summed E-state index contributed by atoms with van der Waals surface area (Å²) in [6, 6.07) is 1.07. The van der Waals surface area contributed by atoms with E-state index in [1.807, 2.05) is 13.8 Å². The zero-order valence-corrected chi connectivity index (χ0v) is 25.4. The van der Waals surface area contributed by atoms with E-state index < -0.39 is 47.2 Å². The van der Waals surface area contributed by atoms with Gasteiger partial charge in [0.25, 0.3) is 5.91 Å². The normalized spacial score (nSPS) is 17.7. The third-order valence-corrected chi connectivity index (χ3v) is 6.36. The monoisotopic (exact) mass is 608 g/mol. The fourth-order valence-corrected chi connectivity index (χ4v) is 3.98. The second-order valence-electron chi connectivity index (χ2n) is 10.8. The van der Waals surface area contributed by atoms with Gasteiger partial charge in [0.1, 0.15) is 23.2 Å². The minimum atomic E-state index is -1.06. The number of nitrogens with zero attached hydrogens (tertiary/aromatic N) is 2. The number of epoxide rings is 1. The number of hydrogen-bond donors (Lipinski definition) is 3. The number of aryl methyl sites for hydroxylation is 2. The standard InChI is InChI=1S/C23H35N3O8.C5H5NO3/c1-13(2)7-16(20(28)23(4)12-33-23)24-21(29)15(10-31-5)9-19(27)18(11-32-6)25-22(30)17-8-14(3)34-26-17;1-3-2-4(5(7)8)6-9-3/h8,13,15-16,18H,7,9-12H2,1-6H3,(H,24,29)(H,25,30);2H,1H3,(H,7,8)/t15-,16-,18-,23+;/m0./s1. The summed E-state index contributed by atoms with van der Waals surface area (Å²) in [5.74, 6) is -2.50. The molecule has 1 fully saturated rings. The lowest BCUT2D eigenvalue weighted by Crippen LogP contribution is -2.50. The minimum Gasteiger partial charge on any atom is -0.476 e. The van der Waals surface area contributed by atoms with Crippen LogP contribution in [0, 0.1) is 25.7 Å². The van der Waals surface area contributed by atoms with Crippen LogP contribution in [0.25, 0.3) is 0 Å². The molecule has 1 aliphatic heterocycles. The summed E-state index contributed by atoms with van der Waals surface area (Å²) < 4.78 is 24.9. The lowest BCUT2D eigenvalue weighted by Gasteiger charge is -2.25. The Hall–Kier alpha value is -3.95. The topological polar surface area (TPSA) is 213 Å². The molecule has 0 saturated carbocycles. The summed E-state index contributed by atoms with van der Waals surface area (Å²) in [5, 5.41) is 20.5. The molecule has 43 heavy (non-hydrogen) atoms. The third kappa shape index (κ3) is 11.0. The number of carboxylic acids is 1. The van der Waals surface area contributed by atoms with Crippen molar-refractivity contribution in [3.8, 4) is 0 Å². The number of ether oxygens (including phenoxy) is 3. The minimum absolute atomic E-state index is 0.0309. The number of aromatic carboxylic acids is 1. The zero-order chi connectivity index (χ0) is 32.3. The molecule has 15 heteroatoms. The maximum Gasteiger partial charge on any atom is 0.358 e. The van der Waals surface area contributed by atoms with E-state index in [9.17, 15) is 24.0 Å². The Morgan fingerprint density at radius 1 is 0.953 bits per heavy atom. The van der Waals surface area contributed by atoms with Gasteiger partial charge in [-0.15, -0.1) is 0 Å². The second kappa shape index (κ2) is 16.0. The summed E-state index contributed by atoms with van der Waals surface area (Å²) in [7, 11) is 2.82. The average Bonchev–Trinajstić information content (AvgIpc) is 3.29. The summed E-state index contributed by atoms with van der Waals surface area (Å²) in [4.78, 5) is 61.4. The van der Waals surface area contributed by atoms with Crippen LogP contribution in [0.3, 0.4) is 0 Å². The first-order valence-corrected chi connectivity index (χ1v) is 13.6. The number of carbonyl (C=O) groups excluding carboxylic acids is 4. The van der Waals surface area contributed by atoms with Gasteiger partial charge in [0, 0.05) is 32.8 Å². The molecule has 2 aromatic rings. The van der Waals surface area contributed by atoms with E-state index in [0.717, 1.165) is 0 Å². The zero-order valence-electron chi connectivity index (χ0n) is 25.4. The molecule has 1 saturated heterocycles. The van der Waals surface area contributed by atoms with E-state index in [-0.39, 0.29) is 42.7 Å². The van der Waals surface area contributed by atoms with Crippen molar-refractivity contribution in [2.75, 3.05) is 34.0 Å². The van der Waals surface area contributed by atoms with Crippen LogP contribution in [-0.4, -0.2) is 96.5 Å². The number of nitrogens with one attached hydrogen (secondary N) is 2. The SMILES string of the molecule is COC[C@H](CC(=O)[C@H](COC)NC(=O)c1cc(C)on1)C(=O)N[C@@H](CC(C)C)C(=O)[C@@]1(C)CO1.Cc1cc(C(=O)O)no1. The van der Waals surface area contributed by atoms with E-state index >= 15 is 0 Å². The molecule has 3 rings (SSSR count). The van der Waals surface area contributed by atoms with E-state index in [1.165, 1.54) is 26.4 Å². The predicted molar refractivity (Wildman–Crippen MR) is 148 cm³/mol. The molecule has 2 aromatic heterocycles. The maximum atomic E-state index is 13.1. The number of carboxylic acid groups (broad SMARTS) is 1. The fourth-order valence-electron chi connectivity index (χ4n) is 3.98. The summed E-state index contributed by atoms with van der Waals surface area (Å²) in [5.41, 5.74) is -0.900. The van der Waals surface area contributed by atoms with Gasteiger partial charge in [-0.25, -0.2) is 4.79 Å². The number of methoxy groups -OCH3 is 2.